The molecule has 2 aromatic rings. The Labute approximate surface area is 189 Å². The number of aliphatic hydroxyl groups is 3. The smallest absolute Gasteiger partial charge is 0.229 e. The molecule has 4 aliphatic rings. The first-order valence-corrected chi connectivity index (χ1v) is 11.7. The number of anilines is 1. The first kappa shape index (κ1) is 20.6. The summed E-state index contributed by atoms with van der Waals surface area (Å²) in [5, 5.41) is 36.9. The minimum atomic E-state index is -1.21. The van der Waals surface area contributed by atoms with Gasteiger partial charge in [-0.1, -0.05) is 6.42 Å². The molecule has 0 spiro atoms. The first-order chi connectivity index (χ1) is 15.4. The van der Waals surface area contributed by atoms with Crippen LogP contribution in [0.5, 0.6) is 0 Å². The van der Waals surface area contributed by atoms with Crippen LogP contribution < -0.4 is 10.6 Å². The number of hydrogen-bond acceptors (Lipinski definition) is 8. The Morgan fingerprint density at radius 1 is 1.28 bits per heavy atom. The maximum atomic E-state index is 12.7. The zero-order valence-electron chi connectivity index (χ0n) is 17.5. The lowest BCUT2D eigenvalue weighted by molar-refractivity contribution is -0.132. The molecule has 0 saturated heterocycles. The van der Waals surface area contributed by atoms with Gasteiger partial charge in [0.25, 0.3) is 0 Å². The molecule has 11 heteroatoms. The zero-order valence-corrected chi connectivity index (χ0v) is 18.2. The van der Waals surface area contributed by atoms with Gasteiger partial charge in [-0.2, -0.15) is 9.97 Å². The molecule has 1 amide bonds. The van der Waals surface area contributed by atoms with E-state index < -0.39 is 23.7 Å². The van der Waals surface area contributed by atoms with Gasteiger partial charge < -0.3 is 30.5 Å². The summed E-state index contributed by atoms with van der Waals surface area (Å²) in [5.41, 5.74) is -0.0104. The van der Waals surface area contributed by atoms with Gasteiger partial charge >= 0.3 is 0 Å². The van der Waals surface area contributed by atoms with Crippen molar-refractivity contribution in [2.75, 3.05) is 18.5 Å². The number of aromatic nitrogens is 4. The molecule has 5 N–H and O–H groups in total. The SMILES string of the molecule is O=C(NCCO)C12CC1[C@@H](n1cnc3c(NC4CC5CCC4C5)nc(Cl)nc31)[C@H](O)[C@@H]2O. The molecule has 4 aliphatic carbocycles. The third kappa shape index (κ3) is 2.82. The fraction of sp³-hybridized carbons (Fsp3) is 0.714. The highest BCUT2D eigenvalue weighted by molar-refractivity contribution is 6.28. The molecular formula is C21H27ClN6O4. The van der Waals surface area contributed by atoms with E-state index >= 15 is 0 Å². The summed E-state index contributed by atoms with van der Waals surface area (Å²) in [4.78, 5) is 26.0. The van der Waals surface area contributed by atoms with Gasteiger partial charge in [0.2, 0.25) is 11.2 Å². The van der Waals surface area contributed by atoms with Crippen molar-refractivity contribution in [1.82, 2.24) is 24.8 Å². The largest absolute Gasteiger partial charge is 0.395 e. The first-order valence-electron chi connectivity index (χ1n) is 11.4. The molecule has 5 unspecified atom stereocenters. The third-order valence-electron chi connectivity index (χ3n) is 8.27. The number of hydrogen-bond donors (Lipinski definition) is 5. The molecular weight excluding hydrogens is 436 g/mol. The molecule has 6 rings (SSSR count). The van der Waals surface area contributed by atoms with Crippen LogP contribution in [-0.4, -0.2) is 72.1 Å². The minimum Gasteiger partial charge on any atom is -0.395 e. The van der Waals surface area contributed by atoms with Crippen molar-refractivity contribution in [3.63, 3.8) is 0 Å². The molecule has 8 atom stereocenters. The van der Waals surface area contributed by atoms with Gasteiger partial charge in [-0.25, -0.2) is 4.98 Å². The number of carbonyl (C=O) groups excluding carboxylic acids is 1. The summed E-state index contributed by atoms with van der Waals surface area (Å²) >= 11 is 6.27. The van der Waals surface area contributed by atoms with Crippen LogP contribution in [0.1, 0.15) is 38.1 Å². The number of carbonyl (C=O) groups is 1. The summed E-state index contributed by atoms with van der Waals surface area (Å²) in [5.74, 6) is 1.40. The molecule has 4 fully saturated rings. The van der Waals surface area contributed by atoms with E-state index in [4.69, 9.17) is 16.7 Å². The van der Waals surface area contributed by atoms with Crippen molar-refractivity contribution >= 4 is 34.5 Å². The second kappa shape index (κ2) is 7.24. The minimum absolute atomic E-state index is 0.0840. The zero-order chi connectivity index (χ0) is 22.2. The molecule has 2 heterocycles. The van der Waals surface area contributed by atoms with Crippen molar-refractivity contribution < 1.29 is 20.1 Å². The lowest BCUT2D eigenvalue weighted by Gasteiger charge is -2.24. The highest BCUT2D eigenvalue weighted by Gasteiger charge is 2.75. The monoisotopic (exact) mass is 462 g/mol. The Bertz CT molecular complexity index is 1080. The molecule has 2 aromatic heterocycles. The number of rotatable bonds is 6. The second-order valence-electron chi connectivity index (χ2n) is 9.85. The Kier molecular flexibility index (Phi) is 4.66. The van der Waals surface area contributed by atoms with Crippen LogP contribution in [0.25, 0.3) is 11.2 Å². The van der Waals surface area contributed by atoms with Gasteiger partial charge in [0.05, 0.1) is 30.5 Å². The fourth-order valence-corrected chi connectivity index (χ4v) is 6.86. The average Bonchev–Trinajstić information content (AvgIpc) is 3.11. The summed E-state index contributed by atoms with van der Waals surface area (Å²) in [7, 11) is 0. The Balaban J connectivity index is 1.32. The van der Waals surface area contributed by atoms with Gasteiger partial charge in [0.1, 0.15) is 6.10 Å². The van der Waals surface area contributed by atoms with Crippen LogP contribution >= 0.6 is 11.6 Å². The maximum Gasteiger partial charge on any atom is 0.229 e. The maximum absolute atomic E-state index is 12.7. The van der Waals surface area contributed by atoms with Gasteiger partial charge in [0.15, 0.2) is 17.0 Å². The number of fused-ring (bicyclic) bond motifs is 4. The number of amides is 1. The third-order valence-corrected chi connectivity index (χ3v) is 8.44. The predicted molar refractivity (Wildman–Crippen MR) is 115 cm³/mol. The van der Waals surface area contributed by atoms with Gasteiger partial charge in [-0.15, -0.1) is 0 Å². The average molecular weight is 463 g/mol. The summed E-state index contributed by atoms with van der Waals surface area (Å²) in [6.45, 7) is -0.0792. The van der Waals surface area contributed by atoms with Crippen LogP contribution in [0.2, 0.25) is 5.28 Å². The van der Waals surface area contributed by atoms with Crippen molar-refractivity contribution in [2.45, 2.75) is 56.4 Å². The number of imidazole rings is 1. The molecule has 4 saturated carbocycles. The van der Waals surface area contributed by atoms with E-state index in [9.17, 15) is 15.0 Å². The van der Waals surface area contributed by atoms with E-state index in [2.05, 4.69) is 25.6 Å². The predicted octanol–water partition coefficient (Wildman–Crippen LogP) is 0.471. The van der Waals surface area contributed by atoms with Crippen LogP contribution in [-0.2, 0) is 4.79 Å². The molecule has 0 radical (unpaired) electrons. The molecule has 172 valence electrons. The summed E-state index contributed by atoms with van der Waals surface area (Å²) < 4.78 is 1.72. The van der Waals surface area contributed by atoms with Gasteiger partial charge in [-0.05, 0) is 49.1 Å². The lowest BCUT2D eigenvalue weighted by atomic mass is 9.95. The van der Waals surface area contributed by atoms with Crippen molar-refractivity contribution in [3.05, 3.63) is 11.6 Å². The molecule has 0 aliphatic heterocycles. The Hall–Kier alpha value is -2.01. The highest BCUT2D eigenvalue weighted by Crippen LogP contribution is 2.67. The summed E-state index contributed by atoms with van der Waals surface area (Å²) in [6, 6.07) is -0.213. The van der Waals surface area contributed by atoms with E-state index in [0.717, 1.165) is 12.3 Å². The number of aliphatic hydroxyl groups excluding tert-OH is 3. The fourth-order valence-electron chi connectivity index (χ4n) is 6.69. The quantitative estimate of drug-likeness (QED) is 0.389. The van der Waals surface area contributed by atoms with Crippen LogP contribution in [0.4, 0.5) is 5.82 Å². The van der Waals surface area contributed by atoms with Crippen molar-refractivity contribution in [2.24, 2.45) is 23.2 Å². The van der Waals surface area contributed by atoms with Crippen molar-refractivity contribution in [3.8, 4) is 0 Å². The number of nitrogens with zero attached hydrogens (tertiary/aromatic N) is 4. The van der Waals surface area contributed by atoms with E-state index in [1.165, 1.54) is 19.3 Å². The molecule has 0 aromatic carbocycles. The topological polar surface area (TPSA) is 145 Å². The molecule has 32 heavy (non-hydrogen) atoms. The van der Waals surface area contributed by atoms with Gasteiger partial charge in [-0.3, -0.25) is 4.79 Å². The normalized spacial score (nSPS) is 39.4. The van der Waals surface area contributed by atoms with Crippen LogP contribution in [0.3, 0.4) is 0 Å². The van der Waals surface area contributed by atoms with Crippen LogP contribution in [0, 0.1) is 23.2 Å². The summed E-state index contributed by atoms with van der Waals surface area (Å²) in [6.07, 6.45) is 4.57. The van der Waals surface area contributed by atoms with Crippen LogP contribution in [0.15, 0.2) is 6.33 Å². The number of nitrogens with one attached hydrogen (secondary N) is 2. The van der Waals surface area contributed by atoms with E-state index in [1.54, 1.807) is 10.9 Å². The Morgan fingerprint density at radius 3 is 2.84 bits per heavy atom. The highest BCUT2D eigenvalue weighted by atomic mass is 35.5. The van der Waals surface area contributed by atoms with E-state index in [1.807, 2.05) is 0 Å². The molecule has 2 bridgehead atoms. The van der Waals surface area contributed by atoms with Gasteiger partial charge in [0, 0.05) is 18.5 Å². The number of halogens is 1. The second-order valence-corrected chi connectivity index (χ2v) is 10.2. The Morgan fingerprint density at radius 2 is 2.12 bits per heavy atom. The van der Waals surface area contributed by atoms with E-state index in [-0.39, 0.29) is 30.3 Å². The lowest BCUT2D eigenvalue weighted by Crippen LogP contribution is -2.43. The molecule has 10 nitrogen and oxygen atoms in total. The van der Waals surface area contributed by atoms with Crippen molar-refractivity contribution in [1.29, 1.82) is 0 Å². The standard InChI is InChI=1S/C21H27ClN6O4/c22-20-26-17(25-12-6-9-1-2-10(12)5-9)13-18(27-20)28(8-24-13)14-11-7-21(11,16(31)15(14)30)19(32)23-3-4-29/h8-12,14-16,29-31H,1-7H2,(H,23,32)(H,25,26,27)/t9?,10?,11?,12?,14-,15+,16+,21?/m1/s1. The van der Waals surface area contributed by atoms with E-state index in [0.29, 0.717) is 35.4 Å².